The molecule has 1 fully saturated rings. The quantitative estimate of drug-likeness (QED) is 0.0228. The van der Waals surface area contributed by atoms with Crippen molar-refractivity contribution in [2.24, 2.45) is 0 Å². The Kier molecular flexibility index (Phi) is 51.1. The number of hydrogen-bond donors (Lipinski definition) is 3. The molecule has 1 aliphatic heterocycles. The molecule has 0 aromatic rings. The van der Waals surface area contributed by atoms with Gasteiger partial charge in [-0.2, -0.15) is 0 Å². The van der Waals surface area contributed by atoms with E-state index in [4.69, 9.17) is 23.7 Å². The van der Waals surface area contributed by atoms with Gasteiger partial charge in [0.05, 0.1) is 6.61 Å². The van der Waals surface area contributed by atoms with E-state index < -0.39 is 67.3 Å². The lowest BCUT2D eigenvalue weighted by molar-refractivity contribution is -0.301. The van der Waals surface area contributed by atoms with Crippen molar-refractivity contribution in [1.29, 1.82) is 0 Å². The second-order valence-electron chi connectivity index (χ2n) is 22.0. The number of carboxylic acid groups (broad SMARTS) is 1. The molecule has 456 valence electrons. The Hall–Kier alpha value is -3.58. The van der Waals surface area contributed by atoms with Crippen molar-refractivity contribution in [3.8, 4) is 0 Å². The summed E-state index contributed by atoms with van der Waals surface area (Å²) < 4.78 is 28.5. The molecule has 0 aromatic carbocycles. The van der Waals surface area contributed by atoms with Gasteiger partial charge < -0.3 is 39.0 Å². The van der Waals surface area contributed by atoms with Crippen molar-refractivity contribution in [3.05, 3.63) is 60.8 Å². The van der Waals surface area contributed by atoms with E-state index in [1.54, 1.807) is 0 Å². The number of aliphatic hydroxyl groups is 2. The number of unbranched alkanes of at least 4 members (excludes halogenated alkanes) is 31. The number of ether oxygens (including phenoxy) is 5. The number of carboxylic acids is 1. The summed E-state index contributed by atoms with van der Waals surface area (Å²) in [6, 6.07) is 0. The van der Waals surface area contributed by atoms with Crippen molar-refractivity contribution >= 4 is 23.9 Å². The van der Waals surface area contributed by atoms with Crippen molar-refractivity contribution in [1.82, 2.24) is 0 Å². The van der Waals surface area contributed by atoms with Crippen molar-refractivity contribution < 1.29 is 58.2 Å². The average molecular weight is 1110 g/mol. The maximum Gasteiger partial charge on any atom is 0.335 e. The van der Waals surface area contributed by atoms with Gasteiger partial charge in [0.1, 0.15) is 18.8 Å². The number of aliphatic carboxylic acids is 1. The molecule has 6 atom stereocenters. The van der Waals surface area contributed by atoms with Gasteiger partial charge in [-0.25, -0.2) is 4.79 Å². The molecule has 0 bridgehead atoms. The zero-order chi connectivity index (χ0) is 57.5. The number of carbonyl (C=O) groups excluding carboxylic acids is 3. The highest BCUT2D eigenvalue weighted by Crippen LogP contribution is 2.27. The second-order valence-corrected chi connectivity index (χ2v) is 22.0. The van der Waals surface area contributed by atoms with Gasteiger partial charge in [-0.3, -0.25) is 14.4 Å². The van der Waals surface area contributed by atoms with Crippen LogP contribution in [0.25, 0.3) is 0 Å². The van der Waals surface area contributed by atoms with Gasteiger partial charge in [-0.05, 0) is 83.5 Å². The van der Waals surface area contributed by atoms with E-state index in [0.29, 0.717) is 19.3 Å². The SMILES string of the molecule is CC/C=C\C/C=C\C/C=C\CCCCCCCC(=O)OCC(COC1OC(C(=O)O)C(O)C(O)C1OC(=O)CCCCCCCCCCCCCCCCCCCCC)OC(=O)CCCCCCC/C=C\C/C=C\CCCCC. The normalized spacial score (nSPS) is 18.2. The molecule has 79 heavy (non-hydrogen) atoms. The maximum atomic E-state index is 13.2. The summed E-state index contributed by atoms with van der Waals surface area (Å²) in [5.74, 6) is -3.14. The first-order valence-electron chi connectivity index (χ1n) is 32.3. The third-order valence-electron chi connectivity index (χ3n) is 14.6. The van der Waals surface area contributed by atoms with Gasteiger partial charge in [-0.1, -0.05) is 248 Å². The number of allylic oxidation sites excluding steroid dienone is 10. The molecular weight excluding hydrogens is 997 g/mol. The highest BCUT2D eigenvalue weighted by molar-refractivity contribution is 5.74. The molecule has 12 heteroatoms. The third kappa shape index (κ3) is 44.7. The number of rotatable bonds is 55. The van der Waals surface area contributed by atoms with Crippen molar-refractivity contribution in [2.75, 3.05) is 13.2 Å². The zero-order valence-electron chi connectivity index (χ0n) is 50.4. The van der Waals surface area contributed by atoms with Gasteiger partial charge in [0.25, 0.3) is 0 Å². The molecule has 0 saturated carbocycles. The molecule has 12 nitrogen and oxygen atoms in total. The number of aliphatic hydroxyl groups excluding tert-OH is 2. The molecular formula is C67H116O12. The van der Waals surface area contributed by atoms with Crippen LogP contribution in [0.15, 0.2) is 60.8 Å². The van der Waals surface area contributed by atoms with Crippen LogP contribution in [0.1, 0.15) is 290 Å². The fourth-order valence-electron chi connectivity index (χ4n) is 9.65. The van der Waals surface area contributed by atoms with E-state index in [2.05, 4.69) is 81.5 Å². The molecule has 1 heterocycles. The maximum absolute atomic E-state index is 13.2. The summed E-state index contributed by atoms with van der Waals surface area (Å²) in [5.41, 5.74) is 0. The molecule has 1 rings (SSSR count). The van der Waals surface area contributed by atoms with Gasteiger partial charge >= 0.3 is 23.9 Å². The number of hydrogen-bond acceptors (Lipinski definition) is 11. The van der Waals surface area contributed by atoms with E-state index in [1.807, 2.05) is 0 Å². The first kappa shape index (κ1) is 73.4. The summed E-state index contributed by atoms with van der Waals surface area (Å²) in [6.45, 7) is 5.87. The predicted molar refractivity (Wildman–Crippen MR) is 322 cm³/mol. The van der Waals surface area contributed by atoms with Crippen LogP contribution in [0.5, 0.6) is 0 Å². The van der Waals surface area contributed by atoms with Crippen LogP contribution in [0.3, 0.4) is 0 Å². The van der Waals surface area contributed by atoms with E-state index >= 15 is 0 Å². The lowest BCUT2D eigenvalue weighted by Gasteiger charge is -2.40. The van der Waals surface area contributed by atoms with Gasteiger partial charge in [-0.15, -0.1) is 0 Å². The average Bonchev–Trinajstić information content (AvgIpc) is 3.46. The highest BCUT2D eigenvalue weighted by atomic mass is 16.7. The molecule has 0 aliphatic carbocycles. The number of esters is 3. The Bertz CT molecular complexity index is 1600. The van der Waals surface area contributed by atoms with Crippen LogP contribution < -0.4 is 0 Å². The Morgan fingerprint density at radius 2 is 0.797 bits per heavy atom. The fourth-order valence-corrected chi connectivity index (χ4v) is 9.65. The van der Waals surface area contributed by atoms with Gasteiger partial charge in [0, 0.05) is 19.3 Å². The van der Waals surface area contributed by atoms with E-state index in [0.717, 1.165) is 122 Å². The molecule has 0 aromatic heterocycles. The minimum atomic E-state index is -1.91. The zero-order valence-corrected chi connectivity index (χ0v) is 50.4. The standard InChI is InChI=1S/C67H116O12/c1-4-7-10-13-16-19-22-25-28-29-30-31-34-37-40-43-46-49-52-55-61(70)78-65-63(72)62(71)64(66(73)74)79-67(65)76-57-58(77-60(69)54-51-48-45-42-39-36-33-27-24-21-18-15-12-9-6-3)56-75-59(68)53-50-47-44-41-38-35-32-26-23-20-17-14-11-8-5-2/h8,11,17-18,20-21,26-27,32-33,58,62-65,67,71-72H,4-7,9-10,12-16,19,22-25,28-31,34-57H2,1-3H3,(H,73,74)/b11-8-,20-17-,21-18-,32-26-,33-27-. The summed E-state index contributed by atoms with van der Waals surface area (Å²) in [7, 11) is 0. The molecule has 0 radical (unpaired) electrons. The summed E-state index contributed by atoms with van der Waals surface area (Å²) in [4.78, 5) is 51.3. The summed E-state index contributed by atoms with van der Waals surface area (Å²) in [6.07, 6.45) is 56.1. The van der Waals surface area contributed by atoms with Crippen LogP contribution in [0.4, 0.5) is 0 Å². The van der Waals surface area contributed by atoms with Crippen molar-refractivity contribution in [2.45, 2.75) is 327 Å². The minimum absolute atomic E-state index is 0.0603. The summed E-state index contributed by atoms with van der Waals surface area (Å²) >= 11 is 0. The molecule has 1 saturated heterocycles. The smallest absolute Gasteiger partial charge is 0.335 e. The van der Waals surface area contributed by atoms with Gasteiger partial charge in [0.15, 0.2) is 24.6 Å². The first-order chi connectivity index (χ1) is 38.6. The van der Waals surface area contributed by atoms with E-state index in [1.165, 1.54) is 109 Å². The molecule has 0 spiro atoms. The monoisotopic (exact) mass is 1110 g/mol. The van der Waals surface area contributed by atoms with E-state index in [-0.39, 0.29) is 25.9 Å². The van der Waals surface area contributed by atoms with Crippen LogP contribution in [0.2, 0.25) is 0 Å². The fraction of sp³-hybridized carbons (Fsp3) is 0.791. The van der Waals surface area contributed by atoms with Crippen LogP contribution in [-0.4, -0.2) is 89.2 Å². The second kappa shape index (κ2) is 55.0. The topological polar surface area (TPSA) is 175 Å². The van der Waals surface area contributed by atoms with Gasteiger partial charge in [0.2, 0.25) is 0 Å². The van der Waals surface area contributed by atoms with Crippen LogP contribution >= 0.6 is 0 Å². The first-order valence-corrected chi connectivity index (χ1v) is 32.3. The number of carbonyl (C=O) groups is 4. The molecule has 3 N–H and O–H groups in total. The Morgan fingerprint density at radius 1 is 0.430 bits per heavy atom. The van der Waals surface area contributed by atoms with Crippen molar-refractivity contribution in [3.63, 3.8) is 0 Å². The highest BCUT2D eigenvalue weighted by Gasteiger charge is 2.50. The van der Waals surface area contributed by atoms with E-state index in [9.17, 15) is 34.5 Å². The Morgan fingerprint density at radius 3 is 1.24 bits per heavy atom. The Balaban J connectivity index is 2.66. The predicted octanol–water partition coefficient (Wildman–Crippen LogP) is 17.1. The lowest BCUT2D eigenvalue weighted by Crippen LogP contribution is -2.61. The summed E-state index contributed by atoms with van der Waals surface area (Å²) in [5, 5.41) is 31.6. The molecule has 0 amide bonds. The Labute approximate surface area is 481 Å². The third-order valence-corrected chi connectivity index (χ3v) is 14.6. The molecule has 1 aliphatic rings. The molecule has 6 unspecified atom stereocenters. The van der Waals surface area contributed by atoms with Crippen LogP contribution in [-0.2, 0) is 42.9 Å². The largest absolute Gasteiger partial charge is 0.479 e. The lowest BCUT2D eigenvalue weighted by atomic mass is 9.98. The van der Waals surface area contributed by atoms with Crippen LogP contribution in [0, 0.1) is 0 Å². The minimum Gasteiger partial charge on any atom is -0.479 e.